The molecule has 124 valence electrons. The highest BCUT2D eigenvalue weighted by molar-refractivity contribution is 5.94. The van der Waals surface area contributed by atoms with Crippen molar-refractivity contribution in [2.24, 2.45) is 23.2 Å². The number of benzene rings is 1. The first-order chi connectivity index (χ1) is 10.9. The van der Waals surface area contributed by atoms with Crippen LogP contribution in [0.15, 0.2) is 18.2 Å². The van der Waals surface area contributed by atoms with Crippen LogP contribution >= 0.6 is 0 Å². The molecule has 0 saturated heterocycles. The van der Waals surface area contributed by atoms with E-state index >= 15 is 0 Å². The lowest BCUT2D eigenvalue weighted by molar-refractivity contribution is -0.0688. The molecule has 0 heterocycles. The Kier molecular flexibility index (Phi) is 3.47. The molecule has 1 aromatic carbocycles. The van der Waals surface area contributed by atoms with Crippen molar-refractivity contribution in [1.82, 2.24) is 5.32 Å². The number of hydrogen-bond donors (Lipinski definition) is 1. The van der Waals surface area contributed by atoms with Crippen molar-refractivity contribution >= 4 is 5.91 Å². The largest absolute Gasteiger partial charge is 0.349 e. The molecule has 0 aliphatic heterocycles. The first kappa shape index (κ1) is 15.1. The number of hydrogen-bond acceptors (Lipinski definition) is 1. The molecule has 1 aromatic rings. The minimum absolute atomic E-state index is 0.0801. The van der Waals surface area contributed by atoms with Gasteiger partial charge < -0.3 is 5.32 Å². The minimum atomic E-state index is -0.972. The van der Waals surface area contributed by atoms with Crippen LogP contribution in [0.5, 0.6) is 0 Å². The fourth-order valence-corrected chi connectivity index (χ4v) is 5.78. The van der Waals surface area contributed by atoms with Crippen molar-refractivity contribution in [3.05, 3.63) is 35.4 Å². The summed E-state index contributed by atoms with van der Waals surface area (Å²) in [6.07, 6.45) is 7.71. The summed E-state index contributed by atoms with van der Waals surface area (Å²) in [4.78, 5) is 12.4. The zero-order valence-corrected chi connectivity index (χ0v) is 13.4. The van der Waals surface area contributed by atoms with E-state index in [9.17, 15) is 13.6 Å². The molecule has 4 saturated carbocycles. The lowest BCUT2D eigenvalue weighted by Gasteiger charge is -2.59. The number of nitrogens with one attached hydrogen (secondary N) is 1. The second kappa shape index (κ2) is 5.29. The Hall–Kier alpha value is -1.45. The maximum Gasteiger partial charge on any atom is 0.251 e. The van der Waals surface area contributed by atoms with Crippen LogP contribution in [-0.4, -0.2) is 11.9 Å². The van der Waals surface area contributed by atoms with Crippen molar-refractivity contribution in [1.29, 1.82) is 0 Å². The van der Waals surface area contributed by atoms with Gasteiger partial charge in [-0.15, -0.1) is 0 Å². The number of amides is 1. The maximum atomic E-state index is 13.3. The Morgan fingerprint density at radius 3 is 2.17 bits per heavy atom. The van der Waals surface area contributed by atoms with Gasteiger partial charge in [-0.2, -0.15) is 0 Å². The Morgan fingerprint density at radius 2 is 1.65 bits per heavy atom. The summed E-state index contributed by atoms with van der Waals surface area (Å²) in [6.45, 7) is 2.09. The third kappa shape index (κ3) is 2.56. The van der Waals surface area contributed by atoms with Crippen LogP contribution in [0.25, 0.3) is 0 Å². The zero-order chi connectivity index (χ0) is 16.2. The topological polar surface area (TPSA) is 29.1 Å². The van der Waals surface area contributed by atoms with E-state index in [0.717, 1.165) is 29.9 Å². The van der Waals surface area contributed by atoms with Crippen LogP contribution < -0.4 is 5.32 Å². The van der Waals surface area contributed by atoms with Gasteiger partial charge in [0.2, 0.25) is 0 Å². The Labute approximate surface area is 135 Å². The molecule has 1 N–H and O–H groups in total. The molecule has 1 amide bonds. The van der Waals surface area contributed by atoms with E-state index in [1.807, 2.05) is 0 Å². The van der Waals surface area contributed by atoms with E-state index in [1.165, 1.54) is 44.6 Å². The highest BCUT2D eigenvalue weighted by Crippen LogP contribution is 2.61. The molecular formula is C19H23F2NO. The molecule has 4 bridgehead atoms. The Morgan fingerprint density at radius 1 is 1.09 bits per heavy atom. The summed E-state index contributed by atoms with van der Waals surface area (Å²) < 4.78 is 26.4. The highest BCUT2D eigenvalue weighted by Gasteiger charge is 2.53. The summed E-state index contributed by atoms with van der Waals surface area (Å²) in [7, 11) is 0. The van der Waals surface area contributed by atoms with E-state index in [0.29, 0.717) is 0 Å². The Bertz CT molecular complexity index is 607. The monoisotopic (exact) mass is 319 g/mol. The van der Waals surface area contributed by atoms with Crippen molar-refractivity contribution in [2.45, 2.75) is 51.5 Å². The van der Waals surface area contributed by atoms with Crippen LogP contribution in [-0.2, 0) is 0 Å². The van der Waals surface area contributed by atoms with Gasteiger partial charge >= 0.3 is 0 Å². The molecule has 1 atom stereocenters. The predicted octanol–water partition coefficient (Wildman–Crippen LogP) is 4.30. The second-order valence-corrected chi connectivity index (χ2v) is 8.10. The van der Waals surface area contributed by atoms with E-state index in [4.69, 9.17) is 0 Å². The van der Waals surface area contributed by atoms with Crippen molar-refractivity contribution in [3.63, 3.8) is 0 Å². The van der Waals surface area contributed by atoms with Crippen LogP contribution in [0.2, 0.25) is 0 Å². The van der Waals surface area contributed by atoms with Crippen LogP contribution in [0, 0.1) is 34.8 Å². The average Bonchev–Trinajstić information content (AvgIpc) is 2.48. The van der Waals surface area contributed by atoms with Crippen LogP contribution in [0.4, 0.5) is 8.78 Å². The third-order valence-electron chi connectivity index (χ3n) is 6.53. The molecular weight excluding hydrogens is 296 g/mol. The van der Waals surface area contributed by atoms with Crippen LogP contribution in [0.1, 0.15) is 55.8 Å². The molecule has 4 aliphatic rings. The summed E-state index contributed by atoms with van der Waals surface area (Å²) in [5.41, 5.74) is 0.406. The van der Waals surface area contributed by atoms with Gasteiger partial charge in [-0.25, -0.2) is 8.78 Å². The van der Waals surface area contributed by atoms with Gasteiger partial charge in [-0.1, -0.05) is 0 Å². The quantitative estimate of drug-likeness (QED) is 0.884. The molecule has 4 heteroatoms. The smallest absolute Gasteiger partial charge is 0.251 e. The highest BCUT2D eigenvalue weighted by atomic mass is 19.2. The molecule has 0 spiro atoms. The molecule has 0 aromatic heterocycles. The zero-order valence-electron chi connectivity index (χ0n) is 13.4. The van der Waals surface area contributed by atoms with Crippen molar-refractivity contribution < 1.29 is 13.6 Å². The van der Waals surface area contributed by atoms with E-state index in [-0.39, 0.29) is 22.9 Å². The predicted molar refractivity (Wildman–Crippen MR) is 83.9 cm³/mol. The molecule has 0 unspecified atom stereocenters. The van der Waals surface area contributed by atoms with Crippen LogP contribution in [0.3, 0.4) is 0 Å². The average molecular weight is 319 g/mol. The second-order valence-electron chi connectivity index (χ2n) is 8.10. The van der Waals surface area contributed by atoms with Crippen molar-refractivity contribution in [2.75, 3.05) is 0 Å². The third-order valence-corrected chi connectivity index (χ3v) is 6.53. The SMILES string of the molecule is C[C@H](NC(=O)c1ccc(F)c(F)c1)C12CC3CC(CC(C3)C1)C2. The first-order valence-corrected chi connectivity index (χ1v) is 8.71. The maximum absolute atomic E-state index is 13.3. The van der Waals surface area contributed by atoms with Crippen molar-refractivity contribution in [3.8, 4) is 0 Å². The first-order valence-electron chi connectivity index (χ1n) is 8.71. The van der Waals surface area contributed by atoms with Gasteiger partial charge in [0.1, 0.15) is 0 Å². The summed E-state index contributed by atoms with van der Waals surface area (Å²) >= 11 is 0. The van der Waals surface area contributed by atoms with Gasteiger partial charge in [-0.05, 0) is 86.8 Å². The summed E-state index contributed by atoms with van der Waals surface area (Å²) in [5, 5.41) is 3.07. The molecule has 2 nitrogen and oxygen atoms in total. The molecule has 5 rings (SSSR count). The van der Waals surface area contributed by atoms with E-state index < -0.39 is 11.6 Å². The van der Waals surface area contributed by atoms with Gasteiger partial charge in [0.05, 0.1) is 0 Å². The van der Waals surface area contributed by atoms with E-state index in [2.05, 4.69) is 12.2 Å². The molecule has 4 aliphatic carbocycles. The van der Waals surface area contributed by atoms with Gasteiger partial charge in [-0.3, -0.25) is 4.79 Å². The fraction of sp³-hybridized carbons (Fsp3) is 0.632. The standard InChI is InChI=1S/C19H23F2NO/c1-11(22-18(23)15-2-3-16(20)17(21)7-15)19-8-12-4-13(9-19)6-14(5-12)10-19/h2-3,7,11-14H,4-6,8-10H2,1H3,(H,22,23)/t11-,12?,13?,14?,19?/m0/s1. The molecule has 0 radical (unpaired) electrons. The van der Waals surface area contributed by atoms with E-state index in [1.54, 1.807) is 0 Å². The number of carbonyl (C=O) groups excluding carboxylic acids is 1. The lowest BCUT2D eigenvalue weighted by atomic mass is 9.48. The Balaban J connectivity index is 1.50. The number of rotatable bonds is 3. The molecule has 4 fully saturated rings. The fourth-order valence-electron chi connectivity index (χ4n) is 5.78. The van der Waals surface area contributed by atoms with Gasteiger partial charge in [0.15, 0.2) is 11.6 Å². The number of halogens is 2. The molecule has 23 heavy (non-hydrogen) atoms. The minimum Gasteiger partial charge on any atom is -0.349 e. The summed E-state index contributed by atoms with van der Waals surface area (Å²) in [5.74, 6) is 0.277. The number of carbonyl (C=O) groups is 1. The summed E-state index contributed by atoms with van der Waals surface area (Å²) in [6, 6.07) is 3.42. The normalized spacial score (nSPS) is 36.0. The van der Waals surface area contributed by atoms with Gasteiger partial charge in [0, 0.05) is 11.6 Å². The van der Waals surface area contributed by atoms with Gasteiger partial charge in [0.25, 0.3) is 5.91 Å². The lowest BCUT2D eigenvalue weighted by Crippen LogP contribution is -2.55.